The van der Waals surface area contributed by atoms with Crippen LogP contribution in [0.4, 0.5) is 0 Å². The van der Waals surface area contributed by atoms with Gasteiger partial charge >= 0.3 is 0 Å². The first-order valence-electron chi connectivity index (χ1n) is 8.27. The molecule has 2 N–H and O–H groups in total. The average Bonchev–Trinajstić information content (AvgIpc) is 2.36. The molecule has 120 valence electrons. The van der Waals surface area contributed by atoms with Crippen molar-refractivity contribution in [2.24, 2.45) is 23.0 Å². The SMILES string of the molecule is CC(C)OCCN(C)C1CC(C(C)(C)C)CCC1CN. The number of hydrogen-bond donors (Lipinski definition) is 1. The summed E-state index contributed by atoms with van der Waals surface area (Å²) in [4.78, 5) is 2.48. The van der Waals surface area contributed by atoms with Gasteiger partial charge in [0.1, 0.15) is 0 Å². The third-order valence-corrected chi connectivity index (χ3v) is 4.94. The lowest BCUT2D eigenvalue weighted by molar-refractivity contribution is 0.0223. The lowest BCUT2D eigenvalue weighted by atomic mass is 9.67. The van der Waals surface area contributed by atoms with Crippen LogP contribution in [0.3, 0.4) is 0 Å². The van der Waals surface area contributed by atoms with E-state index in [9.17, 15) is 0 Å². The Hall–Kier alpha value is -0.120. The smallest absolute Gasteiger partial charge is 0.0596 e. The maximum absolute atomic E-state index is 6.00. The molecule has 1 aliphatic rings. The summed E-state index contributed by atoms with van der Waals surface area (Å²) in [6.07, 6.45) is 4.21. The second-order valence-corrected chi connectivity index (χ2v) is 7.84. The normalized spacial score (nSPS) is 28.4. The van der Waals surface area contributed by atoms with E-state index in [1.807, 2.05) is 0 Å². The van der Waals surface area contributed by atoms with Crippen LogP contribution in [0, 0.1) is 17.3 Å². The second-order valence-electron chi connectivity index (χ2n) is 7.84. The van der Waals surface area contributed by atoms with Crippen LogP contribution < -0.4 is 5.73 Å². The Labute approximate surface area is 126 Å². The quantitative estimate of drug-likeness (QED) is 0.814. The summed E-state index contributed by atoms with van der Waals surface area (Å²) < 4.78 is 5.69. The molecular formula is C17H36N2O. The number of likely N-dealkylation sites (N-methyl/N-ethyl adjacent to an activating group) is 1. The van der Waals surface area contributed by atoms with E-state index in [0.717, 1.165) is 25.6 Å². The van der Waals surface area contributed by atoms with Crippen molar-refractivity contribution in [1.29, 1.82) is 0 Å². The molecule has 20 heavy (non-hydrogen) atoms. The van der Waals surface area contributed by atoms with Gasteiger partial charge in [-0.25, -0.2) is 0 Å². The highest BCUT2D eigenvalue weighted by atomic mass is 16.5. The first kappa shape index (κ1) is 17.9. The highest BCUT2D eigenvalue weighted by Gasteiger charge is 2.36. The van der Waals surface area contributed by atoms with Gasteiger partial charge in [0, 0.05) is 12.6 Å². The van der Waals surface area contributed by atoms with Crippen molar-refractivity contribution >= 4 is 0 Å². The maximum Gasteiger partial charge on any atom is 0.0596 e. The van der Waals surface area contributed by atoms with Crippen LogP contribution in [0.2, 0.25) is 0 Å². The van der Waals surface area contributed by atoms with Crippen LogP contribution in [0.1, 0.15) is 53.9 Å². The highest BCUT2D eigenvalue weighted by molar-refractivity contribution is 4.90. The van der Waals surface area contributed by atoms with Crippen molar-refractivity contribution in [3.8, 4) is 0 Å². The zero-order valence-electron chi connectivity index (χ0n) is 14.5. The Balaban J connectivity index is 2.57. The van der Waals surface area contributed by atoms with Crippen LogP contribution in [0.15, 0.2) is 0 Å². The van der Waals surface area contributed by atoms with Crippen molar-refractivity contribution in [2.45, 2.75) is 66.0 Å². The molecule has 0 spiro atoms. The van der Waals surface area contributed by atoms with Gasteiger partial charge in [0.25, 0.3) is 0 Å². The fourth-order valence-corrected chi connectivity index (χ4v) is 3.41. The Kier molecular flexibility index (Phi) is 6.96. The lowest BCUT2D eigenvalue weighted by Gasteiger charge is -2.45. The van der Waals surface area contributed by atoms with E-state index < -0.39 is 0 Å². The summed E-state index contributed by atoms with van der Waals surface area (Å²) in [5.41, 5.74) is 6.41. The van der Waals surface area contributed by atoms with E-state index in [2.05, 4.69) is 46.6 Å². The molecule has 0 aromatic carbocycles. The first-order valence-corrected chi connectivity index (χ1v) is 8.27. The molecule has 0 amide bonds. The first-order chi connectivity index (χ1) is 9.25. The third kappa shape index (κ3) is 5.34. The number of ether oxygens (including phenoxy) is 1. The minimum atomic E-state index is 0.322. The lowest BCUT2D eigenvalue weighted by Crippen LogP contribution is -2.48. The molecule has 0 bridgehead atoms. The molecule has 1 fully saturated rings. The van der Waals surface area contributed by atoms with Crippen molar-refractivity contribution in [3.63, 3.8) is 0 Å². The van der Waals surface area contributed by atoms with Gasteiger partial charge in [-0.3, -0.25) is 0 Å². The number of nitrogens with two attached hydrogens (primary N) is 1. The van der Waals surface area contributed by atoms with Crippen molar-refractivity contribution < 1.29 is 4.74 Å². The van der Waals surface area contributed by atoms with Gasteiger partial charge in [-0.15, -0.1) is 0 Å². The summed E-state index contributed by atoms with van der Waals surface area (Å²) in [5.74, 6) is 1.46. The molecule has 1 saturated carbocycles. The van der Waals surface area contributed by atoms with Gasteiger partial charge < -0.3 is 15.4 Å². The third-order valence-electron chi connectivity index (χ3n) is 4.94. The number of nitrogens with zero attached hydrogens (tertiary/aromatic N) is 1. The minimum absolute atomic E-state index is 0.322. The van der Waals surface area contributed by atoms with E-state index >= 15 is 0 Å². The van der Waals surface area contributed by atoms with E-state index in [1.165, 1.54) is 19.3 Å². The number of rotatable bonds is 6. The molecule has 3 heteroatoms. The van der Waals surface area contributed by atoms with E-state index in [4.69, 9.17) is 10.5 Å². The van der Waals surface area contributed by atoms with Gasteiger partial charge in [-0.1, -0.05) is 20.8 Å². The molecule has 3 unspecified atom stereocenters. The van der Waals surface area contributed by atoms with E-state index in [-0.39, 0.29) is 0 Å². The topological polar surface area (TPSA) is 38.5 Å². The van der Waals surface area contributed by atoms with E-state index in [0.29, 0.717) is 23.5 Å². The van der Waals surface area contributed by atoms with Crippen LogP contribution in [-0.2, 0) is 4.74 Å². The van der Waals surface area contributed by atoms with Crippen LogP contribution in [0.5, 0.6) is 0 Å². The molecule has 0 heterocycles. The largest absolute Gasteiger partial charge is 0.377 e. The van der Waals surface area contributed by atoms with Crippen LogP contribution in [0.25, 0.3) is 0 Å². The van der Waals surface area contributed by atoms with E-state index in [1.54, 1.807) is 0 Å². The van der Waals surface area contributed by atoms with Gasteiger partial charge in [-0.05, 0) is 64.0 Å². The molecule has 3 atom stereocenters. The summed E-state index contributed by atoms with van der Waals surface area (Å²) in [6, 6.07) is 0.619. The fourth-order valence-electron chi connectivity index (χ4n) is 3.41. The minimum Gasteiger partial charge on any atom is -0.377 e. The Morgan fingerprint density at radius 2 is 1.90 bits per heavy atom. The Bertz CT molecular complexity index is 273. The van der Waals surface area contributed by atoms with Crippen molar-refractivity contribution in [1.82, 2.24) is 4.90 Å². The average molecular weight is 284 g/mol. The van der Waals surface area contributed by atoms with Crippen molar-refractivity contribution in [2.75, 3.05) is 26.7 Å². The van der Waals surface area contributed by atoms with Crippen LogP contribution in [-0.4, -0.2) is 43.8 Å². The fraction of sp³-hybridized carbons (Fsp3) is 1.00. The second kappa shape index (κ2) is 7.77. The molecule has 0 aromatic heterocycles. The number of hydrogen-bond acceptors (Lipinski definition) is 3. The Morgan fingerprint density at radius 3 is 2.40 bits per heavy atom. The molecule has 3 nitrogen and oxygen atoms in total. The molecule has 1 aliphatic carbocycles. The Morgan fingerprint density at radius 1 is 1.25 bits per heavy atom. The van der Waals surface area contributed by atoms with Gasteiger partial charge in [0.2, 0.25) is 0 Å². The van der Waals surface area contributed by atoms with Gasteiger partial charge in [0.15, 0.2) is 0 Å². The maximum atomic E-state index is 6.00. The molecule has 0 aromatic rings. The summed E-state index contributed by atoms with van der Waals surface area (Å²) in [5, 5.41) is 0. The predicted octanol–water partition coefficient (Wildman–Crippen LogP) is 3.13. The van der Waals surface area contributed by atoms with Crippen molar-refractivity contribution in [3.05, 3.63) is 0 Å². The zero-order chi connectivity index (χ0) is 15.3. The monoisotopic (exact) mass is 284 g/mol. The molecule has 1 rings (SSSR count). The van der Waals surface area contributed by atoms with Gasteiger partial charge in [-0.2, -0.15) is 0 Å². The van der Waals surface area contributed by atoms with Crippen LogP contribution >= 0.6 is 0 Å². The molecule has 0 saturated heterocycles. The zero-order valence-corrected chi connectivity index (χ0v) is 14.5. The highest BCUT2D eigenvalue weighted by Crippen LogP contribution is 2.41. The standard InChI is InChI=1S/C17H36N2O/c1-13(2)20-10-9-19(6)16-11-15(17(3,4)5)8-7-14(16)12-18/h13-16H,7-12,18H2,1-6H3. The summed E-state index contributed by atoms with van der Waals surface area (Å²) in [6.45, 7) is 14.0. The molecule has 0 radical (unpaired) electrons. The van der Waals surface area contributed by atoms with Gasteiger partial charge in [0.05, 0.1) is 12.7 Å². The molecular weight excluding hydrogens is 248 g/mol. The summed E-state index contributed by atoms with van der Waals surface area (Å²) >= 11 is 0. The molecule has 0 aliphatic heterocycles. The predicted molar refractivity (Wildman–Crippen MR) is 86.8 cm³/mol. The summed E-state index contributed by atoms with van der Waals surface area (Å²) in [7, 11) is 2.24.